The minimum Gasteiger partial charge on any atom is -0.508 e. The van der Waals surface area contributed by atoms with Gasteiger partial charge in [0.1, 0.15) is 18.5 Å². The number of alkyl halides is 1. The Morgan fingerprint density at radius 3 is 2.73 bits per heavy atom. The number of hydrogen-bond donors (Lipinski definition) is 2. The molecule has 5 aliphatic heterocycles. The second kappa shape index (κ2) is 9.73. The van der Waals surface area contributed by atoms with Crippen LogP contribution in [0, 0.1) is 12.3 Å². The van der Waals surface area contributed by atoms with Crippen LogP contribution in [0.15, 0.2) is 36.4 Å². The Balaban J connectivity index is 1.13. The number of piperazine rings is 1. The first-order chi connectivity index (χ1) is 21.4. The van der Waals surface area contributed by atoms with Crippen LogP contribution < -0.4 is 19.9 Å². The molecule has 1 spiro atoms. The van der Waals surface area contributed by atoms with E-state index in [9.17, 15) is 9.50 Å². The Morgan fingerprint density at radius 1 is 1.09 bits per heavy atom. The summed E-state index contributed by atoms with van der Waals surface area (Å²) in [6, 6.07) is 12.9. The van der Waals surface area contributed by atoms with Gasteiger partial charge in [-0.15, -0.1) is 6.42 Å². The topological polar surface area (TPSA) is 64.1 Å². The summed E-state index contributed by atoms with van der Waals surface area (Å²) in [6.45, 7) is 4.55. The maximum Gasteiger partial charge on any atom is 0.215 e. The van der Waals surface area contributed by atoms with Gasteiger partial charge in [0, 0.05) is 78.0 Å². The van der Waals surface area contributed by atoms with Gasteiger partial charge in [-0.25, -0.2) is 9.37 Å². The van der Waals surface area contributed by atoms with E-state index < -0.39 is 6.17 Å². The van der Waals surface area contributed by atoms with Crippen LogP contribution in [0.3, 0.4) is 0 Å². The molecule has 7 nitrogen and oxygen atoms in total. The van der Waals surface area contributed by atoms with Gasteiger partial charge < -0.3 is 25.0 Å². The van der Waals surface area contributed by atoms with Gasteiger partial charge >= 0.3 is 0 Å². The number of aromatic nitrogens is 1. The molecule has 8 heteroatoms. The molecule has 0 radical (unpaired) electrons. The number of terminal acetylenes is 1. The second-order valence-electron chi connectivity index (χ2n) is 14.3. The number of halogens is 1. The number of nitrogens with zero attached hydrogens (tertiary/aromatic N) is 4. The molecular weight excluding hydrogens is 553 g/mol. The molecule has 44 heavy (non-hydrogen) atoms. The molecule has 6 aliphatic rings. The summed E-state index contributed by atoms with van der Waals surface area (Å²) in [6.07, 6.45) is 13.4. The molecule has 2 unspecified atom stereocenters. The first-order valence-electron chi connectivity index (χ1n) is 16.5. The first kappa shape index (κ1) is 26.8. The van der Waals surface area contributed by atoms with Crippen LogP contribution in [0.1, 0.15) is 61.8 Å². The van der Waals surface area contributed by atoms with E-state index in [0.717, 1.165) is 79.5 Å². The van der Waals surface area contributed by atoms with Crippen molar-refractivity contribution in [3.63, 3.8) is 0 Å². The van der Waals surface area contributed by atoms with Crippen LogP contribution in [0.4, 0.5) is 15.8 Å². The Hall–Kier alpha value is -3.54. The van der Waals surface area contributed by atoms with E-state index in [2.05, 4.69) is 32.0 Å². The summed E-state index contributed by atoms with van der Waals surface area (Å²) in [7, 11) is 0. The first-order valence-corrected chi connectivity index (χ1v) is 16.5. The number of aromatic hydroxyl groups is 1. The summed E-state index contributed by atoms with van der Waals surface area (Å²) in [5.74, 6) is 3.78. The van der Waals surface area contributed by atoms with E-state index >= 15 is 0 Å². The highest BCUT2D eigenvalue weighted by Crippen LogP contribution is 2.54. The van der Waals surface area contributed by atoms with E-state index in [4.69, 9.17) is 16.1 Å². The van der Waals surface area contributed by atoms with Gasteiger partial charge in [0.25, 0.3) is 0 Å². The van der Waals surface area contributed by atoms with Crippen molar-refractivity contribution in [1.29, 1.82) is 0 Å². The molecule has 1 saturated carbocycles. The molecule has 3 aromatic rings. The van der Waals surface area contributed by atoms with Crippen LogP contribution in [0.25, 0.3) is 10.8 Å². The lowest BCUT2D eigenvalue weighted by Crippen LogP contribution is -2.52. The molecule has 4 saturated heterocycles. The molecular formula is C36H40FN5O2. The third-order valence-electron chi connectivity index (χ3n) is 11.6. The summed E-state index contributed by atoms with van der Waals surface area (Å²) < 4.78 is 21.1. The van der Waals surface area contributed by atoms with E-state index in [1.54, 1.807) is 6.07 Å². The van der Waals surface area contributed by atoms with Crippen LogP contribution in [0.5, 0.6) is 11.6 Å². The average Bonchev–Trinajstić information content (AvgIpc) is 3.38. The van der Waals surface area contributed by atoms with Crippen molar-refractivity contribution in [3.8, 4) is 24.0 Å². The number of benzene rings is 2. The Labute approximate surface area is 258 Å². The van der Waals surface area contributed by atoms with E-state index in [-0.39, 0.29) is 16.8 Å². The molecule has 4 atom stereocenters. The normalized spacial score (nSPS) is 30.0. The van der Waals surface area contributed by atoms with E-state index in [1.165, 1.54) is 24.1 Å². The van der Waals surface area contributed by atoms with Crippen molar-refractivity contribution in [2.75, 3.05) is 42.6 Å². The van der Waals surface area contributed by atoms with Gasteiger partial charge in [-0.2, -0.15) is 0 Å². The molecule has 2 N–H and O–H groups in total. The summed E-state index contributed by atoms with van der Waals surface area (Å²) in [5, 5.41) is 16.6. The zero-order valence-corrected chi connectivity index (χ0v) is 25.2. The Morgan fingerprint density at radius 2 is 1.93 bits per heavy atom. The molecule has 2 bridgehead atoms. The van der Waals surface area contributed by atoms with Gasteiger partial charge in [-0.3, -0.25) is 4.90 Å². The predicted octanol–water partition coefficient (Wildman–Crippen LogP) is 4.91. The lowest BCUT2D eigenvalue weighted by Gasteiger charge is -2.43. The van der Waals surface area contributed by atoms with Crippen molar-refractivity contribution in [2.24, 2.45) is 0 Å². The van der Waals surface area contributed by atoms with Crippen molar-refractivity contribution in [1.82, 2.24) is 15.2 Å². The number of rotatable bonds is 5. The largest absolute Gasteiger partial charge is 0.508 e. The quantitative estimate of drug-likeness (QED) is 0.408. The summed E-state index contributed by atoms with van der Waals surface area (Å²) in [5.41, 5.74) is 5.20. The van der Waals surface area contributed by atoms with Gasteiger partial charge in [0.2, 0.25) is 5.88 Å². The number of phenolic OH excluding ortho intramolecular Hbond substituents is 1. The number of phenols is 1. The molecule has 1 aromatic heterocycles. The highest BCUT2D eigenvalue weighted by Gasteiger charge is 2.53. The third kappa shape index (κ3) is 4.19. The van der Waals surface area contributed by atoms with Crippen LogP contribution in [-0.4, -0.2) is 77.1 Å². The fourth-order valence-corrected chi connectivity index (χ4v) is 9.31. The van der Waals surface area contributed by atoms with Crippen molar-refractivity contribution in [2.45, 2.75) is 87.2 Å². The molecule has 0 amide bonds. The number of nitrogens with one attached hydrogen (secondary N) is 1. The molecule has 228 valence electrons. The maximum atomic E-state index is 14.5. The Kier molecular flexibility index (Phi) is 5.93. The van der Waals surface area contributed by atoms with Crippen LogP contribution >= 0.6 is 0 Å². The molecule has 1 aliphatic carbocycles. The third-order valence-corrected chi connectivity index (χ3v) is 11.6. The second-order valence-corrected chi connectivity index (χ2v) is 14.3. The van der Waals surface area contributed by atoms with Crippen molar-refractivity contribution < 1.29 is 14.2 Å². The highest BCUT2D eigenvalue weighted by molar-refractivity contribution is 6.00. The highest BCUT2D eigenvalue weighted by atomic mass is 19.1. The average molecular weight is 594 g/mol. The fraction of sp³-hybridized carbons (Fsp3) is 0.528. The van der Waals surface area contributed by atoms with E-state index in [0.29, 0.717) is 44.1 Å². The lowest BCUT2D eigenvalue weighted by atomic mass is 9.91. The molecule has 9 rings (SSSR count). The minimum atomic E-state index is -0.782. The Bertz CT molecular complexity index is 1690. The van der Waals surface area contributed by atoms with Crippen molar-refractivity contribution >= 4 is 22.1 Å². The predicted molar refractivity (Wildman–Crippen MR) is 170 cm³/mol. The van der Waals surface area contributed by atoms with Crippen LogP contribution in [-0.2, 0) is 13.0 Å². The minimum absolute atomic E-state index is 0.0233. The molecule has 5 fully saturated rings. The van der Waals surface area contributed by atoms with Crippen LogP contribution in [0.2, 0.25) is 0 Å². The monoisotopic (exact) mass is 593 g/mol. The van der Waals surface area contributed by atoms with Gasteiger partial charge in [0.15, 0.2) is 0 Å². The fourth-order valence-electron chi connectivity index (χ4n) is 9.31. The number of anilines is 2. The number of hydrogen-bond acceptors (Lipinski definition) is 7. The SMILES string of the molecule is C#Cc1cccc2cc(O)cc(N3Cc4nc(OC[C@@]56CCCN5C[C@H](F)C6)cc(N5CC6CCC(C5)N6)c4CC34CC4)c12. The molecule has 2 aromatic carbocycles. The zero-order valence-electron chi connectivity index (χ0n) is 25.2. The molecule has 6 heterocycles. The summed E-state index contributed by atoms with van der Waals surface area (Å²) in [4.78, 5) is 12.5. The van der Waals surface area contributed by atoms with Gasteiger partial charge in [-0.05, 0) is 69.0 Å². The van der Waals surface area contributed by atoms with E-state index in [1.807, 2.05) is 24.3 Å². The number of ether oxygens (including phenoxy) is 1. The number of fused-ring (bicyclic) bond motifs is 5. The maximum absolute atomic E-state index is 14.5. The number of pyridine rings is 1. The van der Waals surface area contributed by atoms with Gasteiger partial charge in [-0.1, -0.05) is 18.1 Å². The standard InChI is InChI=1S/C36H40FN5O2/c1-2-23-5-3-6-24-13-28(43)14-32(34(23)24)42-21-30-29(17-35(42)10-11-35)31(40-19-26-7-8-27(20-40)38-26)15-33(39-30)44-22-36-9-4-12-41(36)18-25(37)16-36/h1,3,5-6,13-15,25-27,38,43H,4,7-12,16-22H2/t25-,26?,27?,36+/m1/s1. The summed E-state index contributed by atoms with van der Waals surface area (Å²) >= 11 is 0. The van der Waals surface area contributed by atoms with Crippen molar-refractivity contribution in [3.05, 3.63) is 53.2 Å². The zero-order chi connectivity index (χ0) is 29.6. The lowest BCUT2D eigenvalue weighted by molar-refractivity contribution is 0.110. The van der Waals surface area contributed by atoms with Gasteiger partial charge in [0.05, 0.1) is 23.5 Å². The smallest absolute Gasteiger partial charge is 0.215 e.